The lowest BCUT2D eigenvalue weighted by Gasteiger charge is -2.22. The van der Waals surface area contributed by atoms with Gasteiger partial charge < -0.3 is 9.88 Å². The molecule has 0 amide bonds. The monoisotopic (exact) mass is 406 g/mol. The summed E-state index contributed by atoms with van der Waals surface area (Å²) in [6.07, 6.45) is 5.18. The van der Waals surface area contributed by atoms with Crippen molar-refractivity contribution in [2.24, 2.45) is 11.8 Å². The van der Waals surface area contributed by atoms with Crippen LogP contribution in [0.15, 0.2) is 30.6 Å². The Bertz CT molecular complexity index is 857. The van der Waals surface area contributed by atoms with Gasteiger partial charge in [-0.3, -0.25) is 5.43 Å². The summed E-state index contributed by atoms with van der Waals surface area (Å²) in [5, 5.41) is 6.03. The van der Waals surface area contributed by atoms with E-state index in [4.69, 9.17) is 11.6 Å². The van der Waals surface area contributed by atoms with E-state index in [1.807, 2.05) is 29.3 Å². The summed E-state index contributed by atoms with van der Waals surface area (Å²) < 4.78 is 12.1. The van der Waals surface area contributed by atoms with Gasteiger partial charge in [-0.25, -0.2) is 15.0 Å². The van der Waals surface area contributed by atoms with Gasteiger partial charge in [-0.05, 0) is 62.3 Å². The summed E-state index contributed by atoms with van der Waals surface area (Å²) in [6.45, 7) is 4.44. The third-order valence-corrected chi connectivity index (χ3v) is 7.46. The van der Waals surface area contributed by atoms with Crippen molar-refractivity contribution in [2.75, 3.05) is 30.6 Å². The van der Waals surface area contributed by atoms with Gasteiger partial charge in [-0.1, -0.05) is 6.42 Å². The Labute approximate surface area is 164 Å². The minimum atomic E-state index is -2.26. The molecule has 7 nitrogen and oxygen atoms in total. The second kappa shape index (κ2) is 7.38. The van der Waals surface area contributed by atoms with Crippen LogP contribution in [0.25, 0.3) is 0 Å². The number of hydrogen-bond acceptors (Lipinski definition) is 7. The van der Waals surface area contributed by atoms with Crippen molar-refractivity contribution in [1.82, 2.24) is 20.0 Å². The van der Waals surface area contributed by atoms with Crippen molar-refractivity contribution < 1.29 is 4.57 Å². The largest absolute Gasteiger partial charge is 0.324 e. The molecule has 2 fully saturated rings. The Morgan fingerprint density at radius 1 is 1.15 bits per heavy atom. The predicted octanol–water partition coefficient (Wildman–Crippen LogP) is 3.49. The predicted molar refractivity (Wildman–Crippen MR) is 109 cm³/mol. The van der Waals surface area contributed by atoms with E-state index in [-0.39, 0.29) is 5.50 Å². The van der Waals surface area contributed by atoms with E-state index in [0.717, 1.165) is 17.5 Å². The van der Waals surface area contributed by atoms with Gasteiger partial charge in [0.1, 0.15) is 19.0 Å². The normalized spacial score (nSPS) is 25.4. The van der Waals surface area contributed by atoms with E-state index in [1.54, 1.807) is 13.3 Å². The molecule has 2 heterocycles. The van der Waals surface area contributed by atoms with Gasteiger partial charge >= 0.3 is 0 Å². The molecule has 2 N–H and O–H groups in total. The molecule has 2 aromatic rings. The second-order valence-electron chi connectivity index (χ2n) is 7.65. The number of rotatable bonds is 5. The molecule has 9 heteroatoms. The van der Waals surface area contributed by atoms with Gasteiger partial charge in [0.25, 0.3) is 0 Å². The van der Waals surface area contributed by atoms with Gasteiger partial charge in [0.15, 0.2) is 0 Å². The van der Waals surface area contributed by atoms with Crippen LogP contribution in [-0.2, 0) is 4.57 Å². The summed E-state index contributed by atoms with van der Waals surface area (Å²) in [4.78, 5) is 12.8. The number of fused-ring (bicyclic) bond motifs is 1. The highest BCUT2D eigenvalue weighted by Gasteiger charge is 2.43. The lowest BCUT2D eigenvalue weighted by atomic mass is 10.0. The van der Waals surface area contributed by atoms with Crippen LogP contribution in [0.5, 0.6) is 0 Å². The van der Waals surface area contributed by atoms with Crippen LogP contribution >= 0.6 is 18.7 Å². The molecule has 1 aromatic carbocycles. The Balaban J connectivity index is 1.43. The highest BCUT2D eigenvalue weighted by atomic mass is 35.5. The average Bonchev–Trinajstić information content (AvgIpc) is 3.19. The van der Waals surface area contributed by atoms with E-state index < -0.39 is 7.14 Å². The lowest BCUT2D eigenvalue weighted by molar-refractivity contribution is 0.337. The molecular weight excluding hydrogens is 383 g/mol. The lowest BCUT2D eigenvalue weighted by Crippen LogP contribution is -2.34. The fourth-order valence-electron chi connectivity index (χ4n) is 3.92. The van der Waals surface area contributed by atoms with Crippen molar-refractivity contribution in [1.29, 1.82) is 0 Å². The van der Waals surface area contributed by atoms with Gasteiger partial charge in [0, 0.05) is 17.5 Å². The molecule has 3 atom stereocenters. The first-order valence-corrected chi connectivity index (χ1v) is 12.2. The number of anilines is 3. The molecule has 1 aliphatic heterocycles. The number of aromatic nitrogens is 3. The van der Waals surface area contributed by atoms with E-state index >= 15 is 0 Å². The number of halogens is 1. The third-order valence-electron chi connectivity index (χ3n) is 5.36. The van der Waals surface area contributed by atoms with Crippen molar-refractivity contribution in [3.05, 3.63) is 30.6 Å². The van der Waals surface area contributed by atoms with E-state index in [9.17, 15) is 4.57 Å². The maximum Gasteiger partial charge on any atom is 0.242 e. The smallest absolute Gasteiger partial charge is 0.242 e. The molecule has 3 unspecified atom stereocenters. The minimum absolute atomic E-state index is 0.0306. The summed E-state index contributed by atoms with van der Waals surface area (Å²) in [7, 11) is -2.26. The maximum atomic E-state index is 12.1. The van der Waals surface area contributed by atoms with E-state index in [2.05, 4.69) is 25.7 Å². The Morgan fingerprint density at radius 2 is 1.89 bits per heavy atom. The topological polar surface area (TPSA) is 83.0 Å². The number of hydrogen-bond donors (Lipinski definition) is 2. The molecular formula is C18H24ClN6OP. The van der Waals surface area contributed by atoms with Gasteiger partial charge in [0.2, 0.25) is 11.9 Å². The fourth-order valence-corrected chi connectivity index (χ4v) is 5.25. The first-order chi connectivity index (χ1) is 12.9. The molecule has 0 bridgehead atoms. The molecule has 27 heavy (non-hydrogen) atoms. The van der Waals surface area contributed by atoms with Crippen LogP contribution in [0.4, 0.5) is 17.6 Å². The highest BCUT2D eigenvalue weighted by Crippen LogP contribution is 2.43. The molecule has 1 saturated carbocycles. The average molecular weight is 407 g/mol. The van der Waals surface area contributed by atoms with Crippen LogP contribution in [0, 0.1) is 11.8 Å². The zero-order chi connectivity index (χ0) is 19.0. The molecule has 0 spiro atoms. The molecule has 1 aliphatic carbocycles. The maximum absolute atomic E-state index is 12.1. The van der Waals surface area contributed by atoms with Crippen molar-refractivity contribution >= 4 is 41.6 Å². The van der Waals surface area contributed by atoms with Crippen LogP contribution in [-0.4, -0.2) is 45.3 Å². The highest BCUT2D eigenvalue weighted by molar-refractivity contribution is 7.70. The Morgan fingerprint density at radius 3 is 2.59 bits per heavy atom. The minimum Gasteiger partial charge on any atom is -0.324 e. The van der Waals surface area contributed by atoms with Crippen LogP contribution in [0.2, 0.25) is 0 Å². The zero-order valence-electron chi connectivity index (χ0n) is 15.5. The zero-order valence-corrected chi connectivity index (χ0v) is 17.1. The van der Waals surface area contributed by atoms with Crippen molar-refractivity contribution in [3.8, 4) is 0 Å². The van der Waals surface area contributed by atoms with Gasteiger partial charge in [0.05, 0.1) is 0 Å². The fraction of sp³-hybridized carbons (Fsp3) is 0.500. The Hall–Kier alpha value is -1.69. The van der Waals surface area contributed by atoms with E-state index in [1.165, 1.54) is 25.6 Å². The molecule has 1 aromatic heterocycles. The number of benzene rings is 1. The van der Waals surface area contributed by atoms with Gasteiger partial charge in [-0.2, -0.15) is 4.98 Å². The summed E-state index contributed by atoms with van der Waals surface area (Å²) in [5.41, 5.74) is 4.04. The van der Waals surface area contributed by atoms with Crippen molar-refractivity contribution in [2.45, 2.75) is 24.8 Å². The number of hydrazine groups is 1. The standard InChI is InChI=1S/C18H24ClN6OP/c1-27(2,26)14-8-6-13(7-9-14)22-17-20-11-21-18(23-17)24-25-10-12-4-3-5-15(12)16(25)19/h6-9,11-12,15-16H,3-5,10H2,1-2H3,(H2,20,21,22,23,24). The van der Waals surface area contributed by atoms with Gasteiger partial charge in [-0.15, -0.1) is 11.6 Å². The third kappa shape index (κ3) is 4.10. The Kier molecular flexibility index (Phi) is 5.10. The molecule has 144 valence electrons. The molecule has 1 saturated heterocycles. The first-order valence-electron chi connectivity index (χ1n) is 9.19. The molecule has 0 radical (unpaired) electrons. The summed E-state index contributed by atoms with van der Waals surface area (Å²) in [5.74, 6) is 2.12. The molecule has 4 rings (SSSR count). The quantitative estimate of drug-likeness (QED) is 0.446. The number of alkyl halides is 1. The van der Waals surface area contributed by atoms with E-state index in [0.29, 0.717) is 23.7 Å². The summed E-state index contributed by atoms with van der Waals surface area (Å²) >= 11 is 6.60. The van der Waals surface area contributed by atoms with Crippen LogP contribution < -0.4 is 16.0 Å². The van der Waals surface area contributed by atoms with Crippen LogP contribution in [0.3, 0.4) is 0 Å². The SMILES string of the molecule is CP(C)(=O)c1ccc(Nc2ncnc(NN3CC4CCCC4C3Cl)n2)cc1. The number of nitrogens with zero attached hydrogens (tertiary/aromatic N) is 4. The first kappa shape index (κ1) is 18.7. The summed E-state index contributed by atoms with van der Waals surface area (Å²) in [6, 6.07) is 7.49. The number of nitrogens with one attached hydrogen (secondary N) is 2. The van der Waals surface area contributed by atoms with Crippen molar-refractivity contribution in [3.63, 3.8) is 0 Å². The van der Waals surface area contributed by atoms with Crippen LogP contribution in [0.1, 0.15) is 19.3 Å². The molecule has 2 aliphatic rings. The second-order valence-corrected chi connectivity index (χ2v) is 11.3.